The Morgan fingerprint density at radius 1 is 1.44 bits per heavy atom. The molecule has 0 bridgehead atoms. The zero-order valence-corrected chi connectivity index (χ0v) is 11.8. The van der Waals surface area contributed by atoms with Crippen molar-refractivity contribution >= 4 is 34.7 Å². The Balaban J connectivity index is 2.47. The highest BCUT2D eigenvalue weighted by Crippen LogP contribution is 2.15. The van der Waals surface area contributed by atoms with Crippen LogP contribution in [0.25, 0.3) is 0 Å². The summed E-state index contributed by atoms with van der Waals surface area (Å²) in [6.45, 7) is 3.36. The van der Waals surface area contributed by atoms with Gasteiger partial charge in [0.25, 0.3) is 5.91 Å². The first-order chi connectivity index (χ1) is 8.31. The summed E-state index contributed by atoms with van der Waals surface area (Å²) in [5, 5.41) is 3.29. The van der Waals surface area contributed by atoms with Crippen LogP contribution in [0.5, 0.6) is 5.75 Å². The molecule has 0 aromatic heterocycles. The molecule has 1 amide bonds. The van der Waals surface area contributed by atoms with Gasteiger partial charge in [0.1, 0.15) is 5.75 Å². The maximum atomic E-state index is 11.6. The van der Waals surface area contributed by atoms with Gasteiger partial charge in [-0.25, -0.2) is 0 Å². The standard InChI is InChI=1S/C12H15ClN2O2S/c1-12(2,11(14)18)15-10(16)7-17-9-5-3-8(13)4-6-9/h3-6H,7H2,1-2H3,(H2,14,18)(H,15,16). The van der Waals surface area contributed by atoms with Gasteiger partial charge in [0.15, 0.2) is 6.61 Å². The summed E-state index contributed by atoms with van der Waals surface area (Å²) in [6, 6.07) is 6.75. The van der Waals surface area contributed by atoms with Gasteiger partial charge in [-0.3, -0.25) is 4.79 Å². The summed E-state index contributed by atoms with van der Waals surface area (Å²) in [5.41, 5.74) is 4.78. The highest BCUT2D eigenvalue weighted by Gasteiger charge is 2.23. The van der Waals surface area contributed by atoms with Crippen LogP contribution < -0.4 is 15.8 Å². The van der Waals surface area contributed by atoms with E-state index in [2.05, 4.69) is 5.32 Å². The SMILES string of the molecule is CC(C)(NC(=O)COc1ccc(Cl)cc1)C(N)=S. The Kier molecular flexibility index (Phi) is 4.93. The van der Waals surface area contributed by atoms with Crippen molar-refractivity contribution in [2.24, 2.45) is 5.73 Å². The molecule has 18 heavy (non-hydrogen) atoms. The van der Waals surface area contributed by atoms with E-state index in [4.69, 9.17) is 34.3 Å². The van der Waals surface area contributed by atoms with Crippen LogP contribution in [0.1, 0.15) is 13.8 Å². The Labute approximate surface area is 116 Å². The van der Waals surface area contributed by atoms with Crippen LogP contribution in [-0.2, 0) is 4.79 Å². The molecule has 0 saturated heterocycles. The molecule has 1 aromatic rings. The normalized spacial score (nSPS) is 10.8. The molecule has 0 aliphatic carbocycles. The number of amides is 1. The second kappa shape index (κ2) is 6.02. The quantitative estimate of drug-likeness (QED) is 0.812. The van der Waals surface area contributed by atoms with Crippen molar-refractivity contribution in [3.8, 4) is 5.75 Å². The zero-order valence-electron chi connectivity index (χ0n) is 10.2. The molecule has 0 radical (unpaired) electrons. The Bertz CT molecular complexity index is 446. The highest BCUT2D eigenvalue weighted by molar-refractivity contribution is 7.80. The molecule has 6 heteroatoms. The maximum Gasteiger partial charge on any atom is 0.258 e. The van der Waals surface area contributed by atoms with Gasteiger partial charge in [0.05, 0.1) is 10.5 Å². The van der Waals surface area contributed by atoms with Crippen LogP contribution in [0, 0.1) is 0 Å². The van der Waals surface area contributed by atoms with Gasteiger partial charge in [-0.2, -0.15) is 0 Å². The van der Waals surface area contributed by atoms with Crippen LogP contribution >= 0.6 is 23.8 Å². The predicted octanol–water partition coefficient (Wildman–Crippen LogP) is 1.90. The number of nitrogens with one attached hydrogen (secondary N) is 1. The monoisotopic (exact) mass is 286 g/mol. The van der Waals surface area contributed by atoms with Gasteiger partial charge in [-0.15, -0.1) is 0 Å². The first kappa shape index (κ1) is 14.7. The fourth-order valence-corrected chi connectivity index (χ4v) is 1.30. The zero-order chi connectivity index (χ0) is 13.8. The second-order valence-electron chi connectivity index (χ2n) is 4.28. The van der Waals surface area contributed by atoms with Crippen molar-refractivity contribution in [1.29, 1.82) is 0 Å². The molecule has 0 spiro atoms. The third kappa shape index (κ3) is 4.50. The van der Waals surface area contributed by atoms with Crippen LogP contribution in [0.3, 0.4) is 0 Å². The van der Waals surface area contributed by atoms with Crippen molar-refractivity contribution < 1.29 is 9.53 Å². The first-order valence-electron chi connectivity index (χ1n) is 5.30. The smallest absolute Gasteiger partial charge is 0.258 e. The number of hydrogen-bond acceptors (Lipinski definition) is 3. The number of benzene rings is 1. The molecule has 0 aliphatic heterocycles. The fourth-order valence-electron chi connectivity index (χ4n) is 1.13. The molecule has 0 saturated carbocycles. The lowest BCUT2D eigenvalue weighted by molar-refractivity contribution is -0.124. The minimum atomic E-state index is -0.726. The maximum absolute atomic E-state index is 11.6. The van der Waals surface area contributed by atoms with E-state index in [0.717, 1.165) is 0 Å². The molecular weight excluding hydrogens is 272 g/mol. The lowest BCUT2D eigenvalue weighted by atomic mass is 10.1. The number of hydrogen-bond donors (Lipinski definition) is 2. The van der Waals surface area contributed by atoms with Crippen LogP contribution in [0.4, 0.5) is 0 Å². The van der Waals surface area contributed by atoms with E-state index in [-0.39, 0.29) is 17.5 Å². The van der Waals surface area contributed by atoms with Gasteiger partial charge in [0.2, 0.25) is 0 Å². The number of nitrogens with two attached hydrogens (primary N) is 1. The molecule has 4 nitrogen and oxygen atoms in total. The number of carbonyl (C=O) groups excluding carboxylic acids is 1. The van der Waals surface area contributed by atoms with Crippen molar-refractivity contribution in [1.82, 2.24) is 5.32 Å². The van der Waals surface area contributed by atoms with Gasteiger partial charge in [0, 0.05) is 5.02 Å². The fraction of sp³-hybridized carbons (Fsp3) is 0.333. The van der Waals surface area contributed by atoms with E-state index >= 15 is 0 Å². The molecule has 1 aromatic carbocycles. The predicted molar refractivity (Wildman–Crippen MR) is 76.0 cm³/mol. The highest BCUT2D eigenvalue weighted by atomic mass is 35.5. The van der Waals surface area contributed by atoms with Gasteiger partial charge in [-0.05, 0) is 38.1 Å². The summed E-state index contributed by atoms with van der Waals surface area (Å²) in [6.07, 6.45) is 0. The Hall–Kier alpha value is -1.33. The third-order valence-corrected chi connectivity index (χ3v) is 3.01. The number of rotatable bonds is 5. The molecule has 0 aliphatic rings. The topological polar surface area (TPSA) is 64.3 Å². The number of halogens is 1. The van der Waals surface area contributed by atoms with Crippen LogP contribution in [-0.4, -0.2) is 23.0 Å². The van der Waals surface area contributed by atoms with Crippen LogP contribution in [0.2, 0.25) is 5.02 Å². The molecule has 0 unspecified atom stereocenters. The van der Waals surface area contributed by atoms with E-state index in [9.17, 15) is 4.79 Å². The van der Waals surface area contributed by atoms with Crippen LogP contribution in [0.15, 0.2) is 24.3 Å². The van der Waals surface area contributed by atoms with E-state index in [1.807, 2.05) is 0 Å². The molecule has 0 heterocycles. The summed E-state index contributed by atoms with van der Waals surface area (Å²) < 4.78 is 5.29. The van der Waals surface area contributed by atoms with Crippen molar-refractivity contribution in [3.05, 3.63) is 29.3 Å². The van der Waals surface area contributed by atoms with Gasteiger partial charge >= 0.3 is 0 Å². The van der Waals surface area contributed by atoms with Crippen molar-refractivity contribution in [3.63, 3.8) is 0 Å². The number of thiocarbonyl (C=S) groups is 1. The van der Waals surface area contributed by atoms with Gasteiger partial charge in [-0.1, -0.05) is 23.8 Å². The van der Waals surface area contributed by atoms with E-state index < -0.39 is 5.54 Å². The summed E-state index contributed by atoms with van der Waals surface area (Å²) in [4.78, 5) is 11.9. The second-order valence-corrected chi connectivity index (χ2v) is 5.16. The van der Waals surface area contributed by atoms with Gasteiger partial charge < -0.3 is 15.8 Å². The molecule has 0 atom stereocenters. The molecule has 98 valence electrons. The summed E-state index contributed by atoms with van der Waals surface area (Å²) in [5.74, 6) is 0.283. The Morgan fingerprint density at radius 2 is 2.00 bits per heavy atom. The van der Waals surface area contributed by atoms with E-state index in [1.54, 1.807) is 38.1 Å². The lowest BCUT2D eigenvalue weighted by Crippen LogP contribution is -2.53. The Morgan fingerprint density at radius 3 is 2.50 bits per heavy atom. The summed E-state index contributed by atoms with van der Waals surface area (Å²) >= 11 is 10.6. The van der Waals surface area contributed by atoms with Crippen molar-refractivity contribution in [2.75, 3.05) is 6.61 Å². The third-order valence-electron chi connectivity index (χ3n) is 2.25. The van der Waals surface area contributed by atoms with Crippen molar-refractivity contribution in [2.45, 2.75) is 19.4 Å². The number of ether oxygens (including phenoxy) is 1. The summed E-state index contributed by atoms with van der Waals surface area (Å²) in [7, 11) is 0. The number of carbonyl (C=O) groups is 1. The molecule has 0 fully saturated rings. The molecule has 3 N–H and O–H groups in total. The van der Waals surface area contributed by atoms with E-state index in [1.165, 1.54) is 0 Å². The molecule has 1 rings (SSSR count). The minimum Gasteiger partial charge on any atom is -0.484 e. The molecular formula is C12H15ClN2O2S. The largest absolute Gasteiger partial charge is 0.484 e. The minimum absolute atomic E-state index is 0.103. The van der Waals surface area contributed by atoms with E-state index in [0.29, 0.717) is 10.8 Å². The average molecular weight is 287 g/mol. The average Bonchev–Trinajstić information content (AvgIpc) is 2.27. The first-order valence-corrected chi connectivity index (χ1v) is 6.09. The lowest BCUT2D eigenvalue weighted by Gasteiger charge is -2.24.